The maximum atomic E-state index is 13.6. The first-order valence-corrected chi connectivity index (χ1v) is 13.7. The molecule has 3 aromatic rings. The Morgan fingerprint density at radius 2 is 1.57 bits per heavy atom. The summed E-state index contributed by atoms with van der Waals surface area (Å²) in [5, 5.41) is 9.52. The number of carbonyl (C=O) groups is 2. The number of amides is 2. The Hall–Kier alpha value is -4.57. The normalized spacial score (nSPS) is 13.8. The van der Waals surface area contributed by atoms with Crippen molar-refractivity contribution in [1.82, 2.24) is 14.6 Å². The van der Waals surface area contributed by atoms with Crippen molar-refractivity contribution in [3.05, 3.63) is 88.7 Å². The van der Waals surface area contributed by atoms with Crippen LogP contribution < -0.4 is 9.62 Å². The molecule has 1 aliphatic heterocycles. The van der Waals surface area contributed by atoms with E-state index in [9.17, 15) is 36.3 Å². The number of alkyl halides is 3. The number of aromatic nitrogens is 1. The molecule has 1 saturated heterocycles. The first-order chi connectivity index (χ1) is 18.8. The van der Waals surface area contributed by atoms with Crippen LogP contribution in [-0.2, 0) is 16.2 Å². The van der Waals surface area contributed by atoms with E-state index >= 15 is 0 Å². The van der Waals surface area contributed by atoms with E-state index < -0.39 is 33.6 Å². The first-order valence-electron chi connectivity index (χ1n) is 11.8. The van der Waals surface area contributed by atoms with E-state index in [1.807, 2.05) is 9.62 Å². The molecule has 0 atom stereocenters. The lowest BCUT2D eigenvalue weighted by Crippen LogP contribution is -2.48. The van der Waals surface area contributed by atoms with Crippen LogP contribution in [0.5, 0.6) is 5.75 Å². The molecule has 0 bridgehead atoms. The number of carbonyl (C=O) groups excluding carboxylic acids is 2. The van der Waals surface area contributed by atoms with Crippen molar-refractivity contribution in [2.45, 2.75) is 6.18 Å². The highest BCUT2D eigenvalue weighted by molar-refractivity contribution is 7.89. The fourth-order valence-corrected chi connectivity index (χ4v) is 4.48. The Morgan fingerprint density at radius 3 is 2.17 bits per heavy atom. The number of pyridine rings is 1. The number of hydrogen-bond acceptors (Lipinski definition) is 7. The second-order valence-corrected chi connectivity index (χ2v) is 10.8. The second kappa shape index (κ2) is 11.3. The van der Waals surface area contributed by atoms with Crippen LogP contribution in [0.15, 0.2) is 60.9 Å². The molecule has 1 aliphatic rings. The van der Waals surface area contributed by atoms with Crippen molar-refractivity contribution in [2.75, 3.05) is 37.3 Å². The van der Waals surface area contributed by atoms with Gasteiger partial charge in [0.1, 0.15) is 5.75 Å². The van der Waals surface area contributed by atoms with Crippen molar-refractivity contribution < 1.29 is 36.3 Å². The molecule has 0 radical (unpaired) electrons. The average Bonchev–Trinajstić information content (AvgIpc) is 2.90. The first kappa shape index (κ1) is 28.4. The lowest BCUT2D eigenvalue weighted by Gasteiger charge is -2.36. The van der Waals surface area contributed by atoms with Crippen molar-refractivity contribution >= 4 is 27.5 Å². The molecule has 2 amide bonds. The van der Waals surface area contributed by atoms with Gasteiger partial charge >= 0.3 is 6.18 Å². The molecule has 0 unspecified atom stereocenters. The zero-order valence-electron chi connectivity index (χ0n) is 21.1. The Morgan fingerprint density at radius 1 is 0.925 bits per heavy atom. The van der Waals surface area contributed by atoms with Crippen molar-refractivity contribution in [3.8, 4) is 17.6 Å². The number of hydrogen-bond donors (Lipinski definition) is 2. The molecule has 0 aliphatic carbocycles. The van der Waals surface area contributed by atoms with Gasteiger partial charge in [0.25, 0.3) is 11.8 Å². The molecule has 2 aromatic carbocycles. The summed E-state index contributed by atoms with van der Waals surface area (Å²) in [6.07, 6.45) is -1.27. The molecule has 208 valence electrons. The smallest absolute Gasteiger partial charge is 0.416 e. The minimum atomic E-state index is -4.69. The number of rotatable bonds is 4. The van der Waals surface area contributed by atoms with Gasteiger partial charge in [0.05, 0.1) is 18.0 Å². The predicted molar refractivity (Wildman–Crippen MR) is 140 cm³/mol. The second-order valence-electron chi connectivity index (χ2n) is 9.01. The largest absolute Gasteiger partial charge is 0.506 e. The highest BCUT2D eigenvalue weighted by Crippen LogP contribution is 2.31. The summed E-state index contributed by atoms with van der Waals surface area (Å²) in [6, 6.07) is 10.5. The number of piperazine rings is 1. The maximum absolute atomic E-state index is 13.6. The Kier molecular flexibility index (Phi) is 8.01. The molecule has 1 aromatic heterocycles. The van der Waals surface area contributed by atoms with E-state index in [1.54, 1.807) is 12.1 Å². The van der Waals surface area contributed by atoms with Gasteiger partial charge in [-0.15, -0.1) is 0 Å². The Balaban J connectivity index is 1.47. The lowest BCUT2D eigenvalue weighted by atomic mass is 10.0. The topological polar surface area (TPSA) is 120 Å². The zero-order chi connectivity index (χ0) is 29.1. The van der Waals surface area contributed by atoms with Gasteiger partial charge in [-0.25, -0.2) is 13.1 Å². The molecular formula is C27H23F3N4O5S. The summed E-state index contributed by atoms with van der Waals surface area (Å²) in [7, 11) is -3.70. The molecular weight excluding hydrogens is 549 g/mol. The van der Waals surface area contributed by atoms with Crippen LogP contribution in [0.1, 0.15) is 37.4 Å². The van der Waals surface area contributed by atoms with Gasteiger partial charge in [-0.1, -0.05) is 11.8 Å². The monoisotopic (exact) mass is 572 g/mol. The molecule has 4 rings (SSSR count). The van der Waals surface area contributed by atoms with E-state index in [0.29, 0.717) is 18.7 Å². The summed E-state index contributed by atoms with van der Waals surface area (Å²) in [5.41, 5.74) is 0.0247. The van der Waals surface area contributed by atoms with Gasteiger partial charge in [0, 0.05) is 60.3 Å². The van der Waals surface area contributed by atoms with Crippen LogP contribution in [0.4, 0.5) is 18.9 Å². The number of halogens is 3. The SMILES string of the molecule is CS(=O)(=O)NC(=O)c1ccc(N2CCN(C(=O)c3cc(C#Cc4cncc(O)c4)cc(C(F)(F)F)c3)CC2)cc1. The summed E-state index contributed by atoms with van der Waals surface area (Å²) >= 11 is 0. The van der Waals surface area contributed by atoms with Gasteiger partial charge in [-0.3, -0.25) is 14.6 Å². The molecule has 0 saturated carbocycles. The number of aromatic hydroxyl groups is 1. The predicted octanol–water partition coefficient (Wildman–Crippen LogP) is 2.86. The lowest BCUT2D eigenvalue weighted by molar-refractivity contribution is -0.137. The number of anilines is 1. The number of sulfonamides is 1. The molecule has 2 N–H and O–H groups in total. The van der Waals surface area contributed by atoms with E-state index in [0.717, 1.165) is 24.1 Å². The molecule has 40 heavy (non-hydrogen) atoms. The molecule has 2 heterocycles. The van der Waals surface area contributed by atoms with Crippen molar-refractivity contribution in [2.24, 2.45) is 0 Å². The molecule has 9 nitrogen and oxygen atoms in total. The Bertz CT molecular complexity index is 1610. The minimum Gasteiger partial charge on any atom is -0.506 e. The average molecular weight is 573 g/mol. The van der Waals surface area contributed by atoms with Gasteiger partial charge < -0.3 is 14.9 Å². The van der Waals surface area contributed by atoms with Crippen molar-refractivity contribution in [1.29, 1.82) is 0 Å². The third kappa shape index (κ3) is 7.29. The molecule has 1 fully saturated rings. The summed E-state index contributed by atoms with van der Waals surface area (Å²) in [6.45, 7) is 1.25. The number of nitrogens with zero attached hydrogens (tertiary/aromatic N) is 3. The maximum Gasteiger partial charge on any atom is 0.416 e. The summed E-state index contributed by atoms with van der Waals surface area (Å²) in [5.74, 6) is 3.79. The van der Waals surface area contributed by atoms with Crippen LogP contribution >= 0.6 is 0 Å². The third-order valence-corrected chi connectivity index (χ3v) is 6.48. The standard InChI is InChI=1S/C27H23F3N4O5S/c1-40(38,39)32-25(36)20-4-6-23(7-5-20)33-8-10-34(11-9-33)26(37)21-12-18(13-22(15-21)27(28,29)30)2-3-19-14-24(35)17-31-16-19/h4-7,12-17,35H,8-11H2,1H3,(H,32,36). The van der Waals surface area contributed by atoms with Crippen LogP contribution in [-0.4, -0.2) is 67.7 Å². The van der Waals surface area contributed by atoms with Gasteiger partial charge in [-0.05, 0) is 48.5 Å². The number of benzene rings is 2. The number of nitrogens with one attached hydrogen (secondary N) is 1. The van der Waals surface area contributed by atoms with Crippen molar-refractivity contribution in [3.63, 3.8) is 0 Å². The zero-order valence-corrected chi connectivity index (χ0v) is 21.9. The van der Waals surface area contributed by atoms with Crippen LogP contribution in [0.25, 0.3) is 0 Å². The highest BCUT2D eigenvalue weighted by atomic mass is 32.2. The highest BCUT2D eigenvalue weighted by Gasteiger charge is 2.32. The summed E-state index contributed by atoms with van der Waals surface area (Å²) < 4.78 is 65.2. The van der Waals surface area contributed by atoms with Gasteiger partial charge in [0.2, 0.25) is 10.0 Å². The van der Waals surface area contributed by atoms with Crippen LogP contribution in [0.2, 0.25) is 0 Å². The van der Waals surface area contributed by atoms with Gasteiger partial charge in [0.15, 0.2) is 0 Å². The molecule has 13 heteroatoms. The Labute approximate surface area is 228 Å². The van der Waals surface area contributed by atoms with E-state index in [-0.39, 0.29) is 35.5 Å². The summed E-state index contributed by atoms with van der Waals surface area (Å²) in [4.78, 5) is 32.3. The van der Waals surface area contributed by atoms with Crippen LogP contribution in [0.3, 0.4) is 0 Å². The van der Waals surface area contributed by atoms with Crippen LogP contribution in [0, 0.1) is 11.8 Å². The van der Waals surface area contributed by atoms with Gasteiger partial charge in [-0.2, -0.15) is 13.2 Å². The van der Waals surface area contributed by atoms with E-state index in [1.165, 1.54) is 41.6 Å². The molecule has 0 spiro atoms. The van der Waals surface area contributed by atoms with E-state index in [4.69, 9.17) is 0 Å². The third-order valence-electron chi connectivity index (χ3n) is 5.92. The minimum absolute atomic E-state index is 0.0137. The fraction of sp³-hybridized carbons (Fsp3) is 0.222. The van der Waals surface area contributed by atoms with E-state index in [2.05, 4.69) is 16.8 Å². The fourth-order valence-electron chi connectivity index (χ4n) is 4.03. The quantitative estimate of drug-likeness (QED) is 0.462.